The Kier molecular flexibility index (Phi) is 4.65. The SMILES string of the molecule is CC(C)COc1ccc(NC(=O)c2cnccn2)cc1. The Morgan fingerprint density at radius 1 is 1.25 bits per heavy atom. The first-order valence-electron chi connectivity index (χ1n) is 6.45. The number of nitrogens with one attached hydrogen (secondary N) is 1. The molecule has 0 aliphatic rings. The topological polar surface area (TPSA) is 64.1 Å². The second kappa shape index (κ2) is 6.65. The van der Waals surface area contributed by atoms with Gasteiger partial charge in [-0.15, -0.1) is 0 Å². The van der Waals surface area contributed by atoms with Crippen molar-refractivity contribution in [1.82, 2.24) is 9.97 Å². The summed E-state index contributed by atoms with van der Waals surface area (Å²) in [6.45, 7) is 4.86. The monoisotopic (exact) mass is 271 g/mol. The molecule has 1 aromatic carbocycles. The largest absolute Gasteiger partial charge is 0.493 e. The number of anilines is 1. The van der Waals surface area contributed by atoms with Crippen LogP contribution < -0.4 is 10.1 Å². The zero-order valence-corrected chi connectivity index (χ0v) is 11.5. The maximum Gasteiger partial charge on any atom is 0.275 e. The Bertz CT molecular complexity index is 553. The summed E-state index contributed by atoms with van der Waals surface area (Å²) in [7, 11) is 0. The maximum absolute atomic E-state index is 11.9. The summed E-state index contributed by atoms with van der Waals surface area (Å²) < 4.78 is 5.58. The molecule has 2 rings (SSSR count). The van der Waals surface area contributed by atoms with Gasteiger partial charge in [-0.3, -0.25) is 9.78 Å². The Morgan fingerprint density at radius 3 is 2.60 bits per heavy atom. The molecule has 0 aliphatic carbocycles. The summed E-state index contributed by atoms with van der Waals surface area (Å²) >= 11 is 0. The molecule has 0 spiro atoms. The Balaban J connectivity index is 1.95. The first kappa shape index (κ1) is 14.0. The van der Waals surface area contributed by atoms with E-state index in [0.717, 1.165) is 5.75 Å². The maximum atomic E-state index is 11.9. The van der Waals surface area contributed by atoms with E-state index in [-0.39, 0.29) is 11.6 Å². The van der Waals surface area contributed by atoms with Crippen molar-refractivity contribution in [1.29, 1.82) is 0 Å². The molecule has 1 heterocycles. The van der Waals surface area contributed by atoms with Gasteiger partial charge in [0.05, 0.1) is 12.8 Å². The predicted molar refractivity (Wildman–Crippen MR) is 76.8 cm³/mol. The van der Waals surface area contributed by atoms with E-state index in [1.165, 1.54) is 18.6 Å². The van der Waals surface area contributed by atoms with Gasteiger partial charge in [0.2, 0.25) is 0 Å². The van der Waals surface area contributed by atoms with E-state index in [2.05, 4.69) is 29.1 Å². The van der Waals surface area contributed by atoms with Gasteiger partial charge in [-0.05, 0) is 30.2 Å². The van der Waals surface area contributed by atoms with E-state index in [0.29, 0.717) is 18.2 Å². The highest BCUT2D eigenvalue weighted by Gasteiger charge is 2.07. The van der Waals surface area contributed by atoms with Crippen molar-refractivity contribution >= 4 is 11.6 Å². The molecule has 0 atom stereocenters. The van der Waals surface area contributed by atoms with Crippen molar-refractivity contribution in [3.63, 3.8) is 0 Å². The van der Waals surface area contributed by atoms with Gasteiger partial charge in [-0.1, -0.05) is 13.8 Å². The van der Waals surface area contributed by atoms with Crippen molar-refractivity contribution in [3.05, 3.63) is 48.5 Å². The van der Waals surface area contributed by atoms with Crippen LogP contribution in [0.25, 0.3) is 0 Å². The van der Waals surface area contributed by atoms with Gasteiger partial charge in [-0.25, -0.2) is 4.98 Å². The average molecular weight is 271 g/mol. The molecule has 1 N–H and O–H groups in total. The summed E-state index contributed by atoms with van der Waals surface area (Å²) in [4.78, 5) is 19.7. The van der Waals surface area contributed by atoms with Crippen LogP contribution in [-0.2, 0) is 0 Å². The second-order valence-electron chi connectivity index (χ2n) is 4.77. The van der Waals surface area contributed by atoms with Crippen LogP contribution >= 0.6 is 0 Å². The minimum Gasteiger partial charge on any atom is -0.493 e. The molecule has 104 valence electrons. The standard InChI is InChI=1S/C15H17N3O2/c1-11(2)10-20-13-5-3-12(4-6-13)18-15(19)14-9-16-7-8-17-14/h3-9,11H,10H2,1-2H3,(H,18,19). The van der Waals surface area contributed by atoms with Crippen LogP contribution in [0.2, 0.25) is 0 Å². The molecule has 1 amide bonds. The number of hydrogen-bond donors (Lipinski definition) is 1. The van der Waals surface area contributed by atoms with Gasteiger partial charge in [-0.2, -0.15) is 0 Å². The zero-order valence-electron chi connectivity index (χ0n) is 11.5. The normalized spacial score (nSPS) is 10.3. The van der Waals surface area contributed by atoms with E-state index < -0.39 is 0 Å². The van der Waals surface area contributed by atoms with Crippen LogP contribution in [0.15, 0.2) is 42.9 Å². The molecule has 20 heavy (non-hydrogen) atoms. The second-order valence-corrected chi connectivity index (χ2v) is 4.77. The predicted octanol–water partition coefficient (Wildman–Crippen LogP) is 2.76. The summed E-state index contributed by atoms with van der Waals surface area (Å²) in [5.41, 5.74) is 0.977. The van der Waals surface area contributed by atoms with Gasteiger partial charge in [0.15, 0.2) is 0 Å². The summed E-state index contributed by atoms with van der Waals surface area (Å²) in [5, 5.41) is 2.75. The van der Waals surface area contributed by atoms with E-state index in [1.54, 1.807) is 12.1 Å². The molecule has 5 heteroatoms. The average Bonchev–Trinajstić information content (AvgIpc) is 2.47. The molecule has 0 radical (unpaired) electrons. The molecule has 1 aromatic heterocycles. The summed E-state index contributed by atoms with van der Waals surface area (Å²) in [6.07, 6.45) is 4.44. The van der Waals surface area contributed by atoms with Crippen molar-refractivity contribution in [2.24, 2.45) is 5.92 Å². The minimum absolute atomic E-state index is 0.283. The number of benzene rings is 1. The lowest BCUT2D eigenvalue weighted by molar-refractivity contribution is 0.102. The van der Waals surface area contributed by atoms with Crippen molar-refractivity contribution in [3.8, 4) is 5.75 Å². The fraction of sp³-hybridized carbons (Fsp3) is 0.267. The van der Waals surface area contributed by atoms with Crippen LogP contribution in [-0.4, -0.2) is 22.5 Å². The smallest absolute Gasteiger partial charge is 0.275 e. The van der Waals surface area contributed by atoms with Crippen LogP contribution in [0.5, 0.6) is 5.75 Å². The lowest BCUT2D eigenvalue weighted by Gasteiger charge is -2.09. The van der Waals surface area contributed by atoms with E-state index >= 15 is 0 Å². The van der Waals surface area contributed by atoms with Crippen LogP contribution in [0.4, 0.5) is 5.69 Å². The Morgan fingerprint density at radius 2 is 2.00 bits per heavy atom. The number of hydrogen-bond acceptors (Lipinski definition) is 4. The zero-order chi connectivity index (χ0) is 14.4. The van der Waals surface area contributed by atoms with E-state index in [1.807, 2.05) is 12.1 Å². The quantitative estimate of drug-likeness (QED) is 0.908. The van der Waals surface area contributed by atoms with Crippen LogP contribution in [0, 0.1) is 5.92 Å². The highest BCUT2D eigenvalue weighted by molar-refractivity contribution is 6.02. The van der Waals surface area contributed by atoms with E-state index in [4.69, 9.17) is 4.74 Å². The highest BCUT2D eigenvalue weighted by atomic mass is 16.5. The number of rotatable bonds is 5. The first-order chi connectivity index (χ1) is 9.65. The Hall–Kier alpha value is -2.43. The highest BCUT2D eigenvalue weighted by Crippen LogP contribution is 2.16. The molecule has 0 saturated carbocycles. The number of carbonyl (C=O) groups excluding carboxylic acids is 1. The van der Waals surface area contributed by atoms with Gasteiger partial charge in [0.25, 0.3) is 5.91 Å². The minimum atomic E-state index is -0.283. The third-order valence-electron chi connectivity index (χ3n) is 2.49. The van der Waals surface area contributed by atoms with Crippen molar-refractivity contribution in [2.45, 2.75) is 13.8 Å². The molecule has 0 unspecified atom stereocenters. The fourth-order valence-electron chi connectivity index (χ4n) is 1.51. The molecular formula is C15H17N3O2. The Labute approximate surface area is 118 Å². The summed E-state index contributed by atoms with van der Waals surface area (Å²) in [6, 6.07) is 7.25. The number of ether oxygens (including phenoxy) is 1. The third-order valence-corrected chi connectivity index (χ3v) is 2.49. The van der Waals surface area contributed by atoms with Crippen molar-refractivity contribution in [2.75, 3.05) is 11.9 Å². The van der Waals surface area contributed by atoms with Gasteiger partial charge in [0.1, 0.15) is 11.4 Å². The molecule has 0 aliphatic heterocycles. The molecular weight excluding hydrogens is 254 g/mol. The van der Waals surface area contributed by atoms with Gasteiger partial charge >= 0.3 is 0 Å². The summed E-state index contributed by atoms with van der Waals surface area (Å²) in [5.74, 6) is 0.983. The molecule has 0 bridgehead atoms. The number of carbonyl (C=O) groups is 1. The third kappa shape index (κ3) is 4.05. The van der Waals surface area contributed by atoms with Crippen LogP contribution in [0.3, 0.4) is 0 Å². The fourth-order valence-corrected chi connectivity index (χ4v) is 1.51. The molecule has 2 aromatic rings. The molecule has 5 nitrogen and oxygen atoms in total. The van der Waals surface area contributed by atoms with Gasteiger partial charge in [0, 0.05) is 18.1 Å². The van der Waals surface area contributed by atoms with Crippen LogP contribution in [0.1, 0.15) is 24.3 Å². The number of nitrogens with zero attached hydrogens (tertiary/aromatic N) is 2. The van der Waals surface area contributed by atoms with Gasteiger partial charge < -0.3 is 10.1 Å². The van der Waals surface area contributed by atoms with Crippen molar-refractivity contribution < 1.29 is 9.53 Å². The molecule has 0 saturated heterocycles. The van der Waals surface area contributed by atoms with E-state index in [9.17, 15) is 4.79 Å². The lowest BCUT2D eigenvalue weighted by Crippen LogP contribution is -2.13. The lowest BCUT2D eigenvalue weighted by atomic mass is 10.2. The first-order valence-corrected chi connectivity index (χ1v) is 6.45. The number of amides is 1. The number of aromatic nitrogens is 2. The molecule has 0 fully saturated rings.